The maximum absolute atomic E-state index is 11.6. The van der Waals surface area contributed by atoms with E-state index in [1.807, 2.05) is 42.5 Å². The molecule has 1 unspecified atom stereocenters. The maximum atomic E-state index is 11.6. The molecule has 2 rings (SSSR count). The second kappa shape index (κ2) is 5.45. The molecule has 0 radical (unpaired) electrons. The lowest BCUT2D eigenvalue weighted by molar-refractivity contribution is -0.142. The molecule has 2 N–H and O–H groups in total. The Morgan fingerprint density at radius 3 is 2.42 bits per heavy atom. The van der Waals surface area contributed by atoms with Gasteiger partial charge in [-0.2, -0.15) is 0 Å². The van der Waals surface area contributed by atoms with Crippen molar-refractivity contribution in [3.05, 3.63) is 64.6 Å². The van der Waals surface area contributed by atoms with Gasteiger partial charge in [-0.15, -0.1) is 0 Å². The highest BCUT2D eigenvalue weighted by molar-refractivity contribution is 9.10. The molecule has 19 heavy (non-hydrogen) atoms. The molecule has 0 amide bonds. The van der Waals surface area contributed by atoms with E-state index < -0.39 is 11.5 Å². The number of halogens is 1. The minimum Gasteiger partial charge on any atom is -0.479 e. The first-order valence-electron chi connectivity index (χ1n) is 5.85. The van der Waals surface area contributed by atoms with Crippen LogP contribution in [0.3, 0.4) is 0 Å². The molecule has 3 nitrogen and oxygen atoms in total. The molecule has 0 saturated heterocycles. The fraction of sp³-hybridized carbons (Fsp3) is 0.133. The first kappa shape index (κ1) is 13.6. The first-order valence-corrected chi connectivity index (χ1v) is 6.64. The molecule has 0 spiro atoms. The van der Waals surface area contributed by atoms with E-state index in [1.165, 1.54) is 0 Å². The summed E-state index contributed by atoms with van der Waals surface area (Å²) in [6, 6.07) is 16.6. The van der Waals surface area contributed by atoms with Crippen molar-refractivity contribution in [1.29, 1.82) is 0 Å². The molecule has 2 aromatic carbocycles. The lowest BCUT2D eigenvalue weighted by Gasteiger charge is -2.28. The standard InChI is InChI=1S/C15H14BrNO2/c1-15(14(18)19,11-6-3-2-4-7-11)17-13-9-5-8-12(16)10-13/h2-10,17H,1H3,(H,18,19). The Hall–Kier alpha value is -1.81. The number of carboxylic acids is 1. The quantitative estimate of drug-likeness (QED) is 0.899. The summed E-state index contributed by atoms with van der Waals surface area (Å²) in [7, 11) is 0. The molecular weight excluding hydrogens is 306 g/mol. The van der Waals surface area contributed by atoms with Crippen LogP contribution in [0.5, 0.6) is 0 Å². The number of hydrogen-bond acceptors (Lipinski definition) is 2. The van der Waals surface area contributed by atoms with Crippen LogP contribution in [-0.4, -0.2) is 11.1 Å². The van der Waals surface area contributed by atoms with Crippen molar-refractivity contribution < 1.29 is 9.90 Å². The Kier molecular flexibility index (Phi) is 3.90. The van der Waals surface area contributed by atoms with E-state index in [4.69, 9.17) is 0 Å². The lowest BCUT2D eigenvalue weighted by Crippen LogP contribution is -2.40. The third-order valence-corrected chi connectivity index (χ3v) is 3.49. The summed E-state index contributed by atoms with van der Waals surface area (Å²) in [5, 5.41) is 12.6. The highest BCUT2D eigenvalue weighted by Gasteiger charge is 2.34. The fourth-order valence-electron chi connectivity index (χ4n) is 1.88. The van der Waals surface area contributed by atoms with E-state index in [1.54, 1.807) is 19.1 Å². The molecule has 4 heteroatoms. The third kappa shape index (κ3) is 2.96. The number of anilines is 1. The fourth-order valence-corrected chi connectivity index (χ4v) is 2.27. The Balaban J connectivity index is 2.39. The summed E-state index contributed by atoms with van der Waals surface area (Å²) in [5.74, 6) is -0.918. The van der Waals surface area contributed by atoms with Crippen LogP contribution in [-0.2, 0) is 10.3 Å². The largest absolute Gasteiger partial charge is 0.479 e. The van der Waals surface area contributed by atoms with Gasteiger partial charge in [0.15, 0.2) is 5.54 Å². The topological polar surface area (TPSA) is 49.3 Å². The van der Waals surface area contributed by atoms with Crippen molar-refractivity contribution in [1.82, 2.24) is 0 Å². The van der Waals surface area contributed by atoms with Crippen LogP contribution in [0.25, 0.3) is 0 Å². The zero-order valence-corrected chi connectivity index (χ0v) is 12.0. The maximum Gasteiger partial charge on any atom is 0.333 e. The van der Waals surface area contributed by atoms with E-state index in [2.05, 4.69) is 21.2 Å². The van der Waals surface area contributed by atoms with Crippen LogP contribution in [0.2, 0.25) is 0 Å². The van der Waals surface area contributed by atoms with Gasteiger partial charge in [0.25, 0.3) is 0 Å². The lowest BCUT2D eigenvalue weighted by atomic mass is 9.92. The van der Waals surface area contributed by atoms with E-state index in [0.717, 1.165) is 10.2 Å². The van der Waals surface area contributed by atoms with Gasteiger partial charge in [-0.25, -0.2) is 4.79 Å². The van der Waals surface area contributed by atoms with Gasteiger partial charge in [0.2, 0.25) is 0 Å². The van der Waals surface area contributed by atoms with Gasteiger partial charge < -0.3 is 10.4 Å². The van der Waals surface area contributed by atoms with E-state index in [0.29, 0.717) is 5.56 Å². The second-order valence-electron chi connectivity index (χ2n) is 4.43. The van der Waals surface area contributed by atoms with E-state index in [-0.39, 0.29) is 0 Å². The molecule has 0 bridgehead atoms. The number of hydrogen-bond donors (Lipinski definition) is 2. The molecule has 0 aliphatic rings. The SMILES string of the molecule is CC(Nc1cccc(Br)c1)(C(=O)O)c1ccccc1. The summed E-state index contributed by atoms with van der Waals surface area (Å²) < 4.78 is 0.901. The number of aliphatic carboxylic acids is 1. The van der Waals surface area contributed by atoms with Crippen LogP contribution in [0.15, 0.2) is 59.1 Å². The first-order chi connectivity index (χ1) is 9.02. The Bertz CT molecular complexity index is 586. The summed E-state index contributed by atoms with van der Waals surface area (Å²) in [6.45, 7) is 1.66. The molecule has 0 aliphatic carbocycles. The second-order valence-corrected chi connectivity index (χ2v) is 5.35. The minimum atomic E-state index is -1.16. The van der Waals surface area contributed by atoms with Crippen LogP contribution in [0.4, 0.5) is 5.69 Å². The third-order valence-electron chi connectivity index (χ3n) is 3.00. The Labute approximate surface area is 120 Å². The van der Waals surface area contributed by atoms with Crippen LogP contribution in [0, 0.1) is 0 Å². The summed E-state index contributed by atoms with van der Waals surface area (Å²) in [4.78, 5) is 11.6. The van der Waals surface area contributed by atoms with Gasteiger partial charge in [0.1, 0.15) is 0 Å². The van der Waals surface area contributed by atoms with Gasteiger partial charge in [-0.05, 0) is 30.7 Å². The van der Waals surface area contributed by atoms with Crippen LogP contribution < -0.4 is 5.32 Å². The molecule has 0 aromatic heterocycles. The van der Waals surface area contributed by atoms with Crippen molar-refractivity contribution in [3.8, 4) is 0 Å². The minimum absolute atomic E-state index is 0.711. The number of benzene rings is 2. The average Bonchev–Trinajstić information content (AvgIpc) is 2.39. The van der Waals surface area contributed by atoms with Crippen molar-refractivity contribution in [2.24, 2.45) is 0 Å². The number of carboxylic acid groups (broad SMARTS) is 1. The molecule has 0 aliphatic heterocycles. The molecular formula is C15H14BrNO2. The summed E-state index contributed by atoms with van der Waals surface area (Å²) >= 11 is 3.38. The summed E-state index contributed by atoms with van der Waals surface area (Å²) in [5.41, 5.74) is 0.299. The van der Waals surface area contributed by atoms with Crippen molar-refractivity contribution in [3.63, 3.8) is 0 Å². The predicted molar refractivity (Wildman–Crippen MR) is 79.2 cm³/mol. The molecule has 0 fully saturated rings. The Morgan fingerprint density at radius 1 is 1.16 bits per heavy atom. The normalized spacial score (nSPS) is 13.6. The van der Waals surface area contributed by atoms with Gasteiger partial charge in [-0.1, -0.05) is 52.3 Å². The highest BCUT2D eigenvalue weighted by Crippen LogP contribution is 2.27. The monoisotopic (exact) mass is 319 g/mol. The number of carbonyl (C=O) groups is 1. The van der Waals surface area contributed by atoms with Gasteiger partial charge in [0, 0.05) is 10.2 Å². The van der Waals surface area contributed by atoms with Crippen molar-refractivity contribution in [2.75, 3.05) is 5.32 Å². The Morgan fingerprint density at radius 2 is 1.84 bits per heavy atom. The summed E-state index contributed by atoms with van der Waals surface area (Å²) in [6.07, 6.45) is 0. The molecule has 2 aromatic rings. The zero-order chi connectivity index (χ0) is 13.9. The van der Waals surface area contributed by atoms with Crippen molar-refractivity contribution in [2.45, 2.75) is 12.5 Å². The van der Waals surface area contributed by atoms with Gasteiger partial charge >= 0.3 is 5.97 Å². The van der Waals surface area contributed by atoms with E-state index >= 15 is 0 Å². The van der Waals surface area contributed by atoms with E-state index in [9.17, 15) is 9.90 Å². The predicted octanol–water partition coefficient (Wildman–Crippen LogP) is 3.86. The average molecular weight is 320 g/mol. The van der Waals surface area contributed by atoms with Gasteiger partial charge in [-0.3, -0.25) is 0 Å². The van der Waals surface area contributed by atoms with Gasteiger partial charge in [0.05, 0.1) is 0 Å². The molecule has 0 heterocycles. The highest BCUT2D eigenvalue weighted by atomic mass is 79.9. The van der Waals surface area contributed by atoms with Crippen LogP contribution in [0.1, 0.15) is 12.5 Å². The van der Waals surface area contributed by atoms with Crippen molar-refractivity contribution >= 4 is 27.6 Å². The smallest absolute Gasteiger partial charge is 0.333 e. The molecule has 98 valence electrons. The number of rotatable bonds is 4. The number of nitrogens with one attached hydrogen (secondary N) is 1. The van der Waals surface area contributed by atoms with Crippen LogP contribution >= 0.6 is 15.9 Å². The molecule has 0 saturated carbocycles. The zero-order valence-electron chi connectivity index (χ0n) is 10.4. The molecule has 1 atom stereocenters.